The van der Waals surface area contributed by atoms with Gasteiger partial charge in [0.05, 0.1) is 19.0 Å². The molecule has 1 amide bonds. The zero-order valence-electron chi connectivity index (χ0n) is 13.7. The molecular formula is C18H19NO6. The molecule has 3 rings (SSSR count). The quantitative estimate of drug-likeness (QED) is 0.580. The number of benzene rings is 1. The van der Waals surface area contributed by atoms with Crippen molar-refractivity contribution in [1.82, 2.24) is 5.32 Å². The first-order valence-electron chi connectivity index (χ1n) is 7.98. The normalized spacial score (nSPS) is 12.6. The van der Waals surface area contributed by atoms with E-state index in [2.05, 4.69) is 5.32 Å². The molecular weight excluding hydrogens is 326 g/mol. The van der Waals surface area contributed by atoms with Crippen molar-refractivity contribution in [3.05, 3.63) is 46.0 Å². The third kappa shape index (κ3) is 3.72. The number of rotatable bonds is 6. The van der Waals surface area contributed by atoms with Crippen LogP contribution in [0, 0.1) is 6.92 Å². The van der Waals surface area contributed by atoms with E-state index < -0.39 is 18.3 Å². The molecule has 1 aromatic carbocycles. The van der Waals surface area contributed by atoms with E-state index in [1.165, 1.54) is 0 Å². The van der Waals surface area contributed by atoms with Gasteiger partial charge in [-0.05, 0) is 31.0 Å². The Bertz CT molecular complexity index is 971. The van der Waals surface area contributed by atoms with Gasteiger partial charge in [-0.15, -0.1) is 0 Å². The molecule has 3 aromatic rings. The molecule has 0 fully saturated rings. The summed E-state index contributed by atoms with van der Waals surface area (Å²) in [5.74, 6) is -0.312. The Labute approximate surface area is 142 Å². The van der Waals surface area contributed by atoms with Crippen LogP contribution in [0.4, 0.5) is 0 Å². The predicted octanol–water partition coefficient (Wildman–Crippen LogP) is 1.25. The second kappa shape index (κ2) is 7.08. The highest BCUT2D eigenvalue weighted by Crippen LogP contribution is 2.26. The SMILES string of the molecule is Cc1coc2cc3oc(=O)c(CCC(=O)NCC(O)CO)cc3cc12. The molecule has 0 saturated heterocycles. The lowest BCUT2D eigenvalue weighted by Gasteiger charge is -2.08. The standard InChI is InChI=1S/C18H19NO6/c1-10-9-24-16-6-15-12(5-14(10)16)4-11(18(23)25-15)2-3-17(22)19-7-13(21)8-20/h4-6,9,13,20-21H,2-3,7-8H2,1H3,(H,19,22). The number of nitrogens with one attached hydrogen (secondary N) is 1. The Kier molecular flexibility index (Phi) is 4.87. The first kappa shape index (κ1) is 17.2. The number of hydrogen-bond acceptors (Lipinski definition) is 6. The van der Waals surface area contributed by atoms with Gasteiger partial charge in [-0.3, -0.25) is 4.79 Å². The Morgan fingerprint density at radius 3 is 2.84 bits per heavy atom. The minimum Gasteiger partial charge on any atom is -0.464 e. The fraction of sp³-hybridized carbons (Fsp3) is 0.333. The second-order valence-electron chi connectivity index (χ2n) is 6.00. The molecule has 0 aliphatic heterocycles. The van der Waals surface area contributed by atoms with Gasteiger partial charge in [0.2, 0.25) is 5.91 Å². The van der Waals surface area contributed by atoms with Crippen LogP contribution in [0.25, 0.3) is 21.9 Å². The van der Waals surface area contributed by atoms with Crippen LogP contribution in [0.3, 0.4) is 0 Å². The van der Waals surface area contributed by atoms with E-state index in [0.717, 1.165) is 16.3 Å². The topological polar surface area (TPSA) is 113 Å². The number of carbonyl (C=O) groups excluding carboxylic acids is 1. The zero-order chi connectivity index (χ0) is 18.0. The van der Waals surface area contributed by atoms with Crippen molar-refractivity contribution in [3.63, 3.8) is 0 Å². The highest BCUT2D eigenvalue weighted by molar-refractivity contribution is 5.94. The maximum absolute atomic E-state index is 12.1. The Morgan fingerprint density at radius 1 is 1.28 bits per heavy atom. The third-order valence-corrected chi connectivity index (χ3v) is 4.06. The van der Waals surface area contributed by atoms with E-state index in [9.17, 15) is 14.7 Å². The fourth-order valence-electron chi connectivity index (χ4n) is 2.62. The lowest BCUT2D eigenvalue weighted by Crippen LogP contribution is -2.34. The molecule has 0 spiro atoms. The molecule has 1 atom stereocenters. The lowest BCUT2D eigenvalue weighted by molar-refractivity contribution is -0.121. The highest BCUT2D eigenvalue weighted by atomic mass is 16.4. The van der Waals surface area contributed by atoms with Gasteiger partial charge in [0.1, 0.15) is 11.2 Å². The average Bonchev–Trinajstić information content (AvgIpc) is 2.96. The van der Waals surface area contributed by atoms with E-state index in [1.54, 1.807) is 18.4 Å². The van der Waals surface area contributed by atoms with Crippen molar-refractivity contribution in [1.29, 1.82) is 0 Å². The van der Waals surface area contributed by atoms with Crippen LogP contribution in [0.5, 0.6) is 0 Å². The summed E-state index contributed by atoms with van der Waals surface area (Å²) in [4.78, 5) is 23.8. The van der Waals surface area contributed by atoms with E-state index >= 15 is 0 Å². The molecule has 2 aromatic heterocycles. The second-order valence-corrected chi connectivity index (χ2v) is 6.00. The molecule has 0 saturated carbocycles. The molecule has 0 radical (unpaired) electrons. The summed E-state index contributed by atoms with van der Waals surface area (Å²) >= 11 is 0. The van der Waals surface area contributed by atoms with Gasteiger partial charge in [0.15, 0.2) is 0 Å². The highest BCUT2D eigenvalue weighted by Gasteiger charge is 2.12. The van der Waals surface area contributed by atoms with Crippen molar-refractivity contribution in [3.8, 4) is 0 Å². The molecule has 0 bridgehead atoms. The zero-order valence-corrected chi connectivity index (χ0v) is 13.7. The molecule has 132 valence electrons. The van der Waals surface area contributed by atoms with Crippen LogP contribution in [0.15, 0.2) is 38.1 Å². The molecule has 3 N–H and O–H groups in total. The first-order valence-corrected chi connectivity index (χ1v) is 7.98. The average molecular weight is 345 g/mol. The number of fused-ring (bicyclic) bond motifs is 2. The van der Waals surface area contributed by atoms with Crippen LogP contribution in [-0.2, 0) is 11.2 Å². The molecule has 2 heterocycles. The number of aliphatic hydroxyl groups excluding tert-OH is 2. The molecule has 1 unspecified atom stereocenters. The number of hydrogen-bond donors (Lipinski definition) is 3. The molecule has 0 aliphatic carbocycles. The van der Waals surface area contributed by atoms with Gasteiger partial charge < -0.3 is 24.4 Å². The number of aryl methyl sites for hydroxylation is 2. The Hall–Kier alpha value is -2.64. The van der Waals surface area contributed by atoms with Gasteiger partial charge in [-0.25, -0.2) is 4.79 Å². The largest absolute Gasteiger partial charge is 0.464 e. The summed E-state index contributed by atoms with van der Waals surface area (Å²) in [6, 6.07) is 5.31. The lowest BCUT2D eigenvalue weighted by atomic mass is 10.1. The Balaban J connectivity index is 1.78. The van der Waals surface area contributed by atoms with Crippen LogP contribution in [0.1, 0.15) is 17.5 Å². The maximum Gasteiger partial charge on any atom is 0.339 e. The fourth-order valence-corrected chi connectivity index (χ4v) is 2.62. The predicted molar refractivity (Wildman–Crippen MR) is 91.4 cm³/mol. The molecule has 25 heavy (non-hydrogen) atoms. The minimum atomic E-state index is -0.990. The van der Waals surface area contributed by atoms with E-state index in [1.807, 2.05) is 13.0 Å². The number of carbonyl (C=O) groups is 1. The van der Waals surface area contributed by atoms with E-state index in [4.69, 9.17) is 13.9 Å². The van der Waals surface area contributed by atoms with Gasteiger partial charge in [-0.1, -0.05) is 0 Å². The smallest absolute Gasteiger partial charge is 0.339 e. The van der Waals surface area contributed by atoms with Crippen LogP contribution in [-0.4, -0.2) is 35.4 Å². The van der Waals surface area contributed by atoms with Crippen molar-refractivity contribution >= 4 is 27.8 Å². The van der Waals surface area contributed by atoms with Gasteiger partial charge in [0, 0.05) is 35.4 Å². The number of amides is 1. The van der Waals surface area contributed by atoms with Crippen molar-refractivity contribution in [2.45, 2.75) is 25.9 Å². The summed E-state index contributed by atoms with van der Waals surface area (Å²) in [7, 11) is 0. The minimum absolute atomic E-state index is 0.0284. The van der Waals surface area contributed by atoms with Crippen molar-refractivity contribution in [2.75, 3.05) is 13.2 Å². The summed E-state index contributed by atoms with van der Waals surface area (Å²) in [5.41, 5.74) is 2.00. The van der Waals surface area contributed by atoms with E-state index in [0.29, 0.717) is 16.7 Å². The molecule has 7 nitrogen and oxygen atoms in total. The molecule has 0 aliphatic rings. The van der Waals surface area contributed by atoms with Crippen LogP contribution < -0.4 is 10.9 Å². The van der Waals surface area contributed by atoms with Gasteiger partial charge in [-0.2, -0.15) is 0 Å². The molecule has 7 heteroatoms. The summed E-state index contributed by atoms with van der Waals surface area (Å²) in [6.45, 7) is 1.48. The third-order valence-electron chi connectivity index (χ3n) is 4.06. The first-order chi connectivity index (χ1) is 12.0. The van der Waals surface area contributed by atoms with Gasteiger partial charge >= 0.3 is 5.63 Å². The van der Waals surface area contributed by atoms with Gasteiger partial charge in [0.25, 0.3) is 0 Å². The monoisotopic (exact) mass is 345 g/mol. The summed E-state index contributed by atoms with van der Waals surface area (Å²) in [5, 5.41) is 22.1. The number of furan rings is 1. The summed E-state index contributed by atoms with van der Waals surface area (Å²) < 4.78 is 10.7. The number of aliphatic hydroxyl groups is 2. The van der Waals surface area contributed by atoms with Crippen LogP contribution in [0.2, 0.25) is 0 Å². The Morgan fingerprint density at radius 2 is 2.08 bits per heavy atom. The van der Waals surface area contributed by atoms with Crippen molar-refractivity contribution < 1.29 is 23.8 Å². The van der Waals surface area contributed by atoms with Crippen molar-refractivity contribution in [2.24, 2.45) is 0 Å². The van der Waals surface area contributed by atoms with E-state index in [-0.39, 0.29) is 25.3 Å². The maximum atomic E-state index is 12.1. The van der Waals surface area contributed by atoms with Crippen LogP contribution >= 0.6 is 0 Å². The summed E-state index contributed by atoms with van der Waals surface area (Å²) in [6.07, 6.45) is 0.965.